The molecule has 1 rings (SSSR count). The van der Waals surface area contributed by atoms with E-state index in [0.29, 0.717) is 10.6 Å². The predicted octanol–water partition coefficient (Wildman–Crippen LogP) is 3.78. The molecule has 0 radical (unpaired) electrons. The Labute approximate surface area is 114 Å². The molecule has 0 aliphatic heterocycles. The van der Waals surface area contributed by atoms with Crippen molar-refractivity contribution in [3.05, 3.63) is 29.0 Å². The van der Waals surface area contributed by atoms with E-state index in [0.717, 1.165) is 38.8 Å². The van der Waals surface area contributed by atoms with Gasteiger partial charge in [0, 0.05) is 25.5 Å². The molecule has 0 saturated heterocycles. The Kier molecular flexibility index (Phi) is 6.73. The first kappa shape index (κ1) is 15.0. The Morgan fingerprint density at radius 3 is 2.39 bits per heavy atom. The molecule has 0 aliphatic carbocycles. The zero-order chi connectivity index (χ0) is 13.4. The number of nitrogens with zero attached hydrogens (tertiary/aromatic N) is 2. The second-order valence-corrected chi connectivity index (χ2v) is 4.76. The van der Waals surface area contributed by atoms with Crippen molar-refractivity contribution in [2.75, 3.05) is 13.1 Å². The van der Waals surface area contributed by atoms with Gasteiger partial charge in [0.1, 0.15) is 0 Å². The summed E-state index contributed by atoms with van der Waals surface area (Å²) in [5.74, 6) is 0.0179. The molecular formula is C14H21ClN2O. The van der Waals surface area contributed by atoms with Crippen LogP contribution in [0.25, 0.3) is 0 Å². The molecule has 0 aromatic carbocycles. The molecule has 4 heteroatoms. The lowest BCUT2D eigenvalue weighted by Gasteiger charge is -2.22. The summed E-state index contributed by atoms with van der Waals surface area (Å²) in [6.45, 7) is 5.85. The summed E-state index contributed by atoms with van der Waals surface area (Å²) in [6.07, 6.45) is 7.35. The lowest BCUT2D eigenvalue weighted by atomic mass is 10.2. The third-order valence-corrected chi connectivity index (χ3v) is 3.15. The summed E-state index contributed by atoms with van der Waals surface area (Å²) in [6, 6.07) is 1.69. The quantitative estimate of drug-likeness (QED) is 0.754. The Morgan fingerprint density at radius 2 is 1.89 bits per heavy atom. The van der Waals surface area contributed by atoms with Gasteiger partial charge in [-0.1, -0.05) is 38.3 Å². The minimum Gasteiger partial charge on any atom is -0.339 e. The van der Waals surface area contributed by atoms with E-state index in [1.807, 2.05) is 4.90 Å². The molecule has 1 heterocycles. The van der Waals surface area contributed by atoms with Crippen LogP contribution < -0.4 is 0 Å². The van der Waals surface area contributed by atoms with Gasteiger partial charge in [-0.25, -0.2) is 0 Å². The maximum absolute atomic E-state index is 12.4. The van der Waals surface area contributed by atoms with Gasteiger partial charge in [0.25, 0.3) is 5.91 Å². The number of hydrogen-bond donors (Lipinski definition) is 0. The average Bonchev–Trinajstić information content (AvgIpc) is 2.39. The summed E-state index contributed by atoms with van der Waals surface area (Å²) in [5.41, 5.74) is 0.555. The van der Waals surface area contributed by atoms with Crippen molar-refractivity contribution in [1.82, 2.24) is 9.88 Å². The third kappa shape index (κ3) is 4.30. The summed E-state index contributed by atoms with van der Waals surface area (Å²) < 4.78 is 0. The highest BCUT2D eigenvalue weighted by molar-refractivity contribution is 6.33. The standard InChI is InChI=1S/C14H21ClN2O/c1-3-5-9-17(10-6-4-2)14(18)12-7-8-16-11-13(12)15/h7-8,11H,3-6,9-10H2,1-2H3. The fraction of sp³-hybridized carbons (Fsp3) is 0.571. The highest BCUT2D eigenvalue weighted by Crippen LogP contribution is 2.16. The van der Waals surface area contributed by atoms with Gasteiger partial charge in [-0.2, -0.15) is 0 Å². The molecule has 0 aliphatic rings. The zero-order valence-corrected chi connectivity index (χ0v) is 11.9. The number of unbranched alkanes of at least 4 members (excludes halogenated alkanes) is 2. The van der Waals surface area contributed by atoms with Gasteiger partial charge in [-0.05, 0) is 18.9 Å². The number of pyridine rings is 1. The van der Waals surface area contributed by atoms with Gasteiger partial charge in [0.15, 0.2) is 0 Å². The minimum atomic E-state index is 0.0179. The molecule has 3 nitrogen and oxygen atoms in total. The van der Waals surface area contributed by atoms with Gasteiger partial charge < -0.3 is 4.90 Å². The number of carbonyl (C=O) groups excluding carboxylic acids is 1. The summed E-state index contributed by atoms with van der Waals surface area (Å²) in [4.78, 5) is 18.2. The van der Waals surface area contributed by atoms with Crippen LogP contribution in [0.4, 0.5) is 0 Å². The van der Waals surface area contributed by atoms with Crippen LogP contribution in [0.3, 0.4) is 0 Å². The van der Waals surface area contributed by atoms with Crippen molar-refractivity contribution < 1.29 is 4.79 Å². The average molecular weight is 269 g/mol. The van der Waals surface area contributed by atoms with Gasteiger partial charge in [-0.3, -0.25) is 9.78 Å². The summed E-state index contributed by atoms with van der Waals surface area (Å²) in [7, 11) is 0. The minimum absolute atomic E-state index is 0.0179. The molecule has 0 fully saturated rings. The van der Waals surface area contributed by atoms with Crippen LogP contribution in [0.5, 0.6) is 0 Å². The third-order valence-electron chi connectivity index (χ3n) is 2.85. The first-order chi connectivity index (χ1) is 8.70. The van der Waals surface area contributed by atoms with E-state index < -0.39 is 0 Å². The smallest absolute Gasteiger partial charge is 0.255 e. The van der Waals surface area contributed by atoms with E-state index in [1.165, 1.54) is 6.20 Å². The maximum atomic E-state index is 12.4. The van der Waals surface area contributed by atoms with Crippen molar-refractivity contribution in [2.24, 2.45) is 0 Å². The highest BCUT2D eigenvalue weighted by atomic mass is 35.5. The number of amides is 1. The van der Waals surface area contributed by atoms with Crippen LogP contribution in [0.1, 0.15) is 49.9 Å². The predicted molar refractivity (Wildman–Crippen MR) is 75.0 cm³/mol. The van der Waals surface area contributed by atoms with Gasteiger partial charge in [-0.15, -0.1) is 0 Å². The lowest BCUT2D eigenvalue weighted by Crippen LogP contribution is -2.33. The molecule has 100 valence electrons. The second kappa shape index (κ2) is 8.09. The fourth-order valence-corrected chi connectivity index (χ4v) is 1.93. The van der Waals surface area contributed by atoms with E-state index in [2.05, 4.69) is 18.8 Å². The number of halogens is 1. The van der Waals surface area contributed by atoms with Crippen LogP contribution in [-0.4, -0.2) is 28.9 Å². The SMILES string of the molecule is CCCCN(CCCC)C(=O)c1ccncc1Cl. The molecule has 0 saturated carbocycles. The number of hydrogen-bond acceptors (Lipinski definition) is 2. The van der Waals surface area contributed by atoms with Crippen molar-refractivity contribution in [3.63, 3.8) is 0 Å². The largest absolute Gasteiger partial charge is 0.339 e. The van der Waals surface area contributed by atoms with Gasteiger partial charge >= 0.3 is 0 Å². The number of aromatic nitrogens is 1. The van der Waals surface area contributed by atoms with Crippen LogP contribution in [-0.2, 0) is 0 Å². The van der Waals surface area contributed by atoms with Crippen molar-refractivity contribution in [1.29, 1.82) is 0 Å². The Morgan fingerprint density at radius 1 is 1.28 bits per heavy atom. The van der Waals surface area contributed by atoms with Crippen molar-refractivity contribution >= 4 is 17.5 Å². The van der Waals surface area contributed by atoms with E-state index in [1.54, 1.807) is 12.3 Å². The molecule has 0 unspecified atom stereocenters. The monoisotopic (exact) mass is 268 g/mol. The van der Waals surface area contributed by atoms with E-state index in [4.69, 9.17) is 11.6 Å². The van der Waals surface area contributed by atoms with E-state index in [9.17, 15) is 4.79 Å². The first-order valence-electron chi connectivity index (χ1n) is 6.59. The fourth-order valence-electron chi connectivity index (χ4n) is 1.73. The molecule has 0 N–H and O–H groups in total. The molecule has 0 spiro atoms. The van der Waals surface area contributed by atoms with Crippen LogP contribution >= 0.6 is 11.6 Å². The molecule has 1 aromatic heterocycles. The first-order valence-corrected chi connectivity index (χ1v) is 6.97. The lowest BCUT2D eigenvalue weighted by molar-refractivity contribution is 0.0751. The van der Waals surface area contributed by atoms with Crippen molar-refractivity contribution in [2.45, 2.75) is 39.5 Å². The molecule has 0 atom stereocenters. The molecule has 1 aromatic rings. The normalized spacial score (nSPS) is 10.4. The Balaban J connectivity index is 2.77. The molecular weight excluding hydrogens is 248 g/mol. The Hall–Kier alpha value is -1.09. The number of carbonyl (C=O) groups is 1. The summed E-state index contributed by atoms with van der Waals surface area (Å²) >= 11 is 6.02. The maximum Gasteiger partial charge on any atom is 0.255 e. The summed E-state index contributed by atoms with van der Waals surface area (Å²) in [5, 5.41) is 0.431. The van der Waals surface area contributed by atoms with E-state index in [-0.39, 0.29) is 5.91 Å². The number of rotatable bonds is 7. The topological polar surface area (TPSA) is 33.2 Å². The van der Waals surface area contributed by atoms with Crippen molar-refractivity contribution in [3.8, 4) is 0 Å². The van der Waals surface area contributed by atoms with Gasteiger partial charge in [0.2, 0.25) is 0 Å². The zero-order valence-electron chi connectivity index (χ0n) is 11.2. The van der Waals surface area contributed by atoms with Crippen LogP contribution in [0, 0.1) is 0 Å². The second-order valence-electron chi connectivity index (χ2n) is 4.35. The van der Waals surface area contributed by atoms with Crippen LogP contribution in [0.15, 0.2) is 18.5 Å². The van der Waals surface area contributed by atoms with E-state index >= 15 is 0 Å². The molecule has 0 bridgehead atoms. The Bertz CT molecular complexity index is 374. The highest BCUT2D eigenvalue weighted by Gasteiger charge is 2.17. The van der Waals surface area contributed by atoms with Crippen LogP contribution in [0.2, 0.25) is 5.02 Å². The van der Waals surface area contributed by atoms with Gasteiger partial charge in [0.05, 0.1) is 10.6 Å². The molecule has 18 heavy (non-hydrogen) atoms. The molecule has 1 amide bonds.